The number of nitrogens with one attached hydrogen (secondary N) is 1. The number of benzene rings is 2. The normalized spacial score (nSPS) is 14.8. The molecule has 31 heavy (non-hydrogen) atoms. The lowest BCUT2D eigenvalue weighted by Gasteiger charge is -2.33. The summed E-state index contributed by atoms with van der Waals surface area (Å²) in [5.41, 5.74) is 10.7. The number of nitrogen functional groups attached to an aromatic ring is 1. The maximum atomic E-state index is 6.49. The Hall–Kier alpha value is -3.19. The first-order chi connectivity index (χ1) is 15.2. The van der Waals surface area contributed by atoms with Crippen LogP contribution >= 0.6 is 11.3 Å². The number of nitrogens with two attached hydrogens (primary N) is 1. The number of rotatable bonds is 5. The Morgan fingerprint density at radius 3 is 2.71 bits per heavy atom. The van der Waals surface area contributed by atoms with Gasteiger partial charge in [0.25, 0.3) is 0 Å². The first kappa shape index (κ1) is 19.8. The fourth-order valence-corrected chi connectivity index (χ4v) is 5.18. The van der Waals surface area contributed by atoms with Gasteiger partial charge in [0, 0.05) is 13.1 Å². The summed E-state index contributed by atoms with van der Waals surface area (Å²) < 4.78 is 1.15. The summed E-state index contributed by atoms with van der Waals surface area (Å²) in [4.78, 5) is 15.8. The van der Waals surface area contributed by atoms with Crippen LogP contribution in [0.1, 0.15) is 24.0 Å². The highest BCUT2D eigenvalue weighted by atomic mass is 32.1. The van der Waals surface area contributed by atoms with Crippen LogP contribution in [0.4, 0.5) is 22.5 Å². The summed E-state index contributed by atoms with van der Waals surface area (Å²) in [5.74, 6) is 2.13. The Morgan fingerprint density at radius 2 is 1.90 bits per heavy atom. The zero-order valence-electron chi connectivity index (χ0n) is 17.6. The smallest absolute Gasteiger partial charge is 0.189 e. The van der Waals surface area contributed by atoms with E-state index in [1.807, 2.05) is 6.07 Å². The van der Waals surface area contributed by atoms with Crippen molar-refractivity contribution in [3.63, 3.8) is 0 Å². The fourth-order valence-electron chi connectivity index (χ4n) is 4.22. The first-order valence-electron chi connectivity index (χ1n) is 10.7. The van der Waals surface area contributed by atoms with Gasteiger partial charge in [-0.3, -0.25) is 0 Å². The van der Waals surface area contributed by atoms with Crippen molar-refractivity contribution in [3.05, 3.63) is 66.0 Å². The Bertz CT molecular complexity index is 1180. The molecule has 0 radical (unpaired) electrons. The number of nitrogens with zero attached hydrogens (tertiary/aromatic N) is 4. The van der Waals surface area contributed by atoms with E-state index >= 15 is 0 Å². The van der Waals surface area contributed by atoms with E-state index in [9.17, 15) is 0 Å². The van der Waals surface area contributed by atoms with Crippen molar-refractivity contribution < 1.29 is 0 Å². The highest BCUT2D eigenvalue weighted by Crippen LogP contribution is 2.34. The lowest BCUT2D eigenvalue weighted by atomic mass is 9.90. The quantitative estimate of drug-likeness (QED) is 0.454. The molecule has 0 amide bonds. The Morgan fingerprint density at radius 1 is 1.10 bits per heavy atom. The predicted octanol–water partition coefficient (Wildman–Crippen LogP) is 5.18. The number of piperidine rings is 1. The molecule has 1 saturated heterocycles. The van der Waals surface area contributed by atoms with Gasteiger partial charge < -0.3 is 16.0 Å². The molecule has 1 aliphatic rings. The molecule has 1 aliphatic heterocycles. The summed E-state index contributed by atoms with van der Waals surface area (Å²) in [6, 6.07) is 17.0. The van der Waals surface area contributed by atoms with E-state index in [1.54, 1.807) is 17.7 Å². The van der Waals surface area contributed by atoms with Gasteiger partial charge in [0.1, 0.15) is 12.0 Å². The molecule has 7 heteroatoms. The number of fused-ring (bicyclic) bond motifs is 1. The first-order valence-corrected chi connectivity index (χ1v) is 11.5. The maximum absolute atomic E-state index is 6.49. The lowest BCUT2D eigenvalue weighted by Crippen LogP contribution is -2.35. The number of aromatic nitrogens is 3. The molecule has 3 N–H and O–H groups in total. The third-order valence-corrected chi connectivity index (χ3v) is 6.85. The van der Waals surface area contributed by atoms with Crippen LogP contribution in [0.3, 0.4) is 0 Å². The van der Waals surface area contributed by atoms with Crippen LogP contribution in [0.2, 0.25) is 0 Å². The van der Waals surface area contributed by atoms with Gasteiger partial charge in [-0.05, 0) is 55.4 Å². The Balaban J connectivity index is 1.28. The van der Waals surface area contributed by atoms with E-state index in [-0.39, 0.29) is 0 Å². The lowest BCUT2D eigenvalue weighted by molar-refractivity contribution is 0.402. The average molecular weight is 431 g/mol. The van der Waals surface area contributed by atoms with Gasteiger partial charge in [0.15, 0.2) is 16.8 Å². The molecule has 3 heterocycles. The number of hydrogen-bond donors (Lipinski definition) is 2. The minimum Gasteiger partial charge on any atom is -0.393 e. The monoisotopic (exact) mass is 430 g/mol. The standard InChI is InChI=1S/C24H26N6S/c1-16-7-8-19-20(13-16)31-24(28-19)29-22-21(25)23(27-15-26-22)30-11-9-18(10-12-30)14-17-5-3-2-4-6-17/h2-8,13,15,18H,9-12,14,25H2,1H3,(H,26,27,28,29). The fraction of sp³-hybridized carbons (Fsp3) is 0.292. The van der Waals surface area contributed by atoms with Crippen LogP contribution in [-0.4, -0.2) is 28.0 Å². The minimum absolute atomic E-state index is 0.583. The van der Waals surface area contributed by atoms with Crippen LogP contribution in [0.25, 0.3) is 10.2 Å². The Labute approximate surface area is 186 Å². The van der Waals surface area contributed by atoms with Crippen LogP contribution in [0.15, 0.2) is 54.9 Å². The SMILES string of the molecule is Cc1ccc2nc(Nc3ncnc(N4CCC(Cc5ccccc5)CC4)c3N)sc2c1. The van der Waals surface area contributed by atoms with Gasteiger partial charge in [0.2, 0.25) is 0 Å². The molecule has 158 valence electrons. The van der Waals surface area contributed by atoms with E-state index in [2.05, 4.69) is 74.6 Å². The second-order valence-corrected chi connectivity index (χ2v) is 9.23. The molecule has 4 aromatic rings. The summed E-state index contributed by atoms with van der Waals surface area (Å²) in [6.07, 6.45) is 5.00. The molecular formula is C24H26N6S. The molecule has 1 fully saturated rings. The number of anilines is 4. The minimum atomic E-state index is 0.583. The van der Waals surface area contributed by atoms with E-state index in [4.69, 9.17) is 5.73 Å². The highest BCUT2D eigenvalue weighted by molar-refractivity contribution is 7.22. The maximum Gasteiger partial charge on any atom is 0.189 e. The molecule has 0 bridgehead atoms. The summed E-state index contributed by atoms with van der Waals surface area (Å²) in [7, 11) is 0. The molecular weight excluding hydrogens is 404 g/mol. The molecule has 2 aromatic heterocycles. The molecule has 0 saturated carbocycles. The van der Waals surface area contributed by atoms with E-state index in [0.717, 1.165) is 53.5 Å². The van der Waals surface area contributed by atoms with Crippen molar-refractivity contribution in [3.8, 4) is 0 Å². The summed E-state index contributed by atoms with van der Waals surface area (Å²) >= 11 is 1.61. The van der Waals surface area contributed by atoms with Crippen LogP contribution in [0.5, 0.6) is 0 Å². The summed E-state index contributed by atoms with van der Waals surface area (Å²) in [5, 5.41) is 4.10. The van der Waals surface area contributed by atoms with E-state index < -0.39 is 0 Å². The zero-order valence-corrected chi connectivity index (χ0v) is 18.4. The van der Waals surface area contributed by atoms with Crippen molar-refractivity contribution in [1.82, 2.24) is 15.0 Å². The highest BCUT2D eigenvalue weighted by Gasteiger charge is 2.23. The molecule has 0 atom stereocenters. The van der Waals surface area contributed by atoms with Crippen LogP contribution < -0.4 is 16.0 Å². The predicted molar refractivity (Wildman–Crippen MR) is 129 cm³/mol. The topological polar surface area (TPSA) is 80.0 Å². The van der Waals surface area contributed by atoms with Crippen molar-refractivity contribution in [2.75, 3.05) is 29.0 Å². The van der Waals surface area contributed by atoms with Crippen LogP contribution in [-0.2, 0) is 6.42 Å². The van der Waals surface area contributed by atoms with Crippen molar-refractivity contribution >= 4 is 44.0 Å². The third kappa shape index (κ3) is 4.32. The Kier molecular flexibility index (Phi) is 5.42. The molecule has 0 unspecified atom stereocenters. The average Bonchev–Trinajstić information content (AvgIpc) is 3.18. The second-order valence-electron chi connectivity index (χ2n) is 8.19. The van der Waals surface area contributed by atoms with Gasteiger partial charge in [-0.2, -0.15) is 0 Å². The molecule has 5 rings (SSSR count). The van der Waals surface area contributed by atoms with Gasteiger partial charge in [-0.15, -0.1) is 0 Å². The molecule has 6 nitrogen and oxygen atoms in total. The van der Waals surface area contributed by atoms with Crippen molar-refractivity contribution in [1.29, 1.82) is 0 Å². The van der Waals surface area contributed by atoms with Gasteiger partial charge in [0.05, 0.1) is 10.2 Å². The van der Waals surface area contributed by atoms with Crippen LogP contribution in [0, 0.1) is 12.8 Å². The summed E-state index contributed by atoms with van der Waals surface area (Å²) in [6.45, 7) is 4.00. The number of hydrogen-bond acceptors (Lipinski definition) is 7. The second kappa shape index (κ2) is 8.51. The van der Waals surface area contributed by atoms with Gasteiger partial charge >= 0.3 is 0 Å². The van der Waals surface area contributed by atoms with Gasteiger partial charge in [-0.1, -0.05) is 47.7 Å². The molecule has 0 aliphatic carbocycles. The van der Waals surface area contributed by atoms with E-state index in [1.165, 1.54) is 11.1 Å². The molecule has 0 spiro atoms. The van der Waals surface area contributed by atoms with Crippen molar-refractivity contribution in [2.45, 2.75) is 26.2 Å². The van der Waals surface area contributed by atoms with Crippen molar-refractivity contribution in [2.24, 2.45) is 5.92 Å². The molecule has 2 aromatic carbocycles. The number of thiazole rings is 1. The van der Waals surface area contributed by atoms with E-state index in [0.29, 0.717) is 17.4 Å². The third-order valence-electron chi connectivity index (χ3n) is 5.91. The zero-order chi connectivity index (χ0) is 21.2. The largest absolute Gasteiger partial charge is 0.393 e. The number of aryl methyl sites for hydroxylation is 1. The van der Waals surface area contributed by atoms with Gasteiger partial charge in [-0.25, -0.2) is 15.0 Å².